The number of anilines is 2. The summed E-state index contributed by atoms with van der Waals surface area (Å²) in [5.41, 5.74) is 3.70. The largest absolute Gasteiger partial charge is 0.504 e. The Bertz CT molecular complexity index is 2450. The molecule has 2 N–H and O–H groups in total. The molecular formula is C40H30Cl2N4O8S2. The van der Waals surface area contributed by atoms with Gasteiger partial charge in [0.05, 0.1) is 24.7 Å². The zero-order chi connectivity index (χ0) is 38.8. The molecule has 0 aromatic heterocycles. The number of nitrogens with zero attached hydrogens (tertiary/aromatic N) is 4. The predicted molar refractivity (Wildman–Crippen MR) is 215 cm³/mol. The van der Waals surface area contributed by atoms with Gasteiger partial charge in [-0.15, -0.1) is 23.5 Å². The second-order valence-corrected chi connectivity index (χ2v) is 15.8. The Morgan fingerprint density at radius 2 is 1.11 bits per heavy atom. The molecule has 2 unspecified atom stereocenters. The molecule has 0 saturated carbocycles. The van der Waals surface area contributed by atoms with Crippen LogP contribution in [0.2, 0.25) is 10.0 Å². The summed E-state index contributed by atoms with van der Waals surface area (Å²) in [7, 11) is 0. The van der Waals surface area contributed by atoms with Crippen molar-refractivity contribution >= 4 is 81.3 Å². The van der Waals surface area contributed by atoms with Gasteiger partial charge in [0.15, 0.2) is 46.0 Å². The van der Waals surface area contributed by atoms with E-state index in [-0.39, 0.29) is 77.8 Å². The quantitative estimate of drug-likeness (QED) is 0.153. The SMILES string of the molecule is CCOc1cc(C2SCC(=O)N2c2ccc3c(c2)Oc2c(Cl)c4c(c(Cl)c2=N3)Oc2cc(N3C(=O)CSC3c3ccc(O)c(OCC)c3)ccc2N=4)ccc1O. The van der Waals surface area contributed by atoms with E-state index in [0.29, 0.717) is 59.0 Å². The molecule has 56 heavy (non-hydrogen) atoms. The average Bonchev–Trinajstić information content (AvgIpc) is 3.79. The van der Waals surface area contributed by atoms with Crippen LogP contribution in [0, 0.1) is 0 Å². The molecule has 2 atom stereocenters. The molecule has 2 fully saturated rings. The first kappa shape index (κ1) is 36.4. The molecular weight excluding hydrogens is 799 g/mol. The normalized spacial score (nSPS) is 17.9. The first-order chi connectivity index (χ1) is 27.1. The number of amides is 2. The number of hydrogen-bond donors (Lipinski definition) is 2. The van der Waals surface area contributed by atoms with Gasteiger partial charge < -0.3 is 29.2 Å². The van der Waals surface area contributed by atoms with Crippen LogP contribution >= 0.6 is 46.7 Å². The minimum absolute atomic E-state index is 0.0249. The lowest BCUT2D eigenvalue weighted by Gasteiger charge is -2.27. The maximum atomic E-state index is 13.3. The van der Waals surface area contributed by atoms with Gasteiger partial charge in [0.2, 0.25) is 11.8 Å². The lowest BCUT2D eigenvalue weighted by Crippen LogP contribution is -2.28. The highest BCUT2D eigenvalue weighted by atomic mass is 35.5. The number of fused-ring (bicyclic) bond motifs is 4. The minimum atomic E-state index is -0.371. The van der Waals surface area contributed by atoms with E-state index < -0.39 is 0 Å². The number of rotatable bonds is 8. The van der Waals surface area contributed by atoms with Crippen LogP contribution in [-0.4, -0.2) is 46.7 Å². The van der Waals surface area contributed by atoms with Crippen molar-refractivity contribution < 1.29 is 38.7 Å². The fourth-order valence-corrected chi connectivity index (χ4v) is 9.78. The van der Waals surface area contributed by atoms with Crippen molar-refractivity contribution in [1.29, 1.82) is 0 Å². The zero-order valence-electron chi connectivity index (χ0n) is 29.6. The maximum Gasteiger partial charge on any atom is 0.238 e. The van der Waals surface area contributed by atoms with Crippen LogP contribution in [0.4, 0.5) is 22.7 Å². The van der Waals surface area contributed by atoms with E-state index in [1.165, 1.54) is 23.5 Å². The summed E-state index contributed by atoms with van der Waals surface area (Å²) in [6, 6.07) is 20.7. The molecule has 2 saturated heterocycles. The molecule has 16 heteroatoms. The van der Waals surface area contributed by atoms with Gasteiger partial charge in [-0.2, -0.15) is 0 Å². The third kappa shape index (κ3) is 6.11. The summed E-state index contributed by atoms with van der Waals surface area (Å²) >= 11 is 16.9. The van der Waals surface area contributed by atoms with Crippen molar-refractivity contribution in [3.63, 3.8) is 0 Å². The molecule has 0 radical (unpaired) electrons. The smallest absolute Gasteiger partial charge is 0.238 e. The number of carbonyl (C=O) groups excluding carboxylic acids is 2. The summed E-state index contributed by atoms with van der Waals surface area (Å²) in [4.78, 5) is 39.5. The highest BCUT2D eigenvalue weighted by Gasteiger charge is 2.37. The van der Waals surface area contributed by atoms with Gasteiger partial charge in [-0.1, -0.05) is 35.3 Å². The van der Waals surface area contributed by atoms with Gasteiger partial charge >= 0.3 is 0 Å². The molecule has 12 nitrogen and oxygen atoms in total. The van der Waals surface area contributed by atoms with Crippen LogP contribution in [0.3, 0.4) is 0 Å². The number of aromatic hydroxyl groups is 2. The van der Waals surface area contributed by atoms with Crippen molar-refractivity contribution in [2.45, 2.75) is 24.6 Å². The first-order valence-electron chi connectivity index (χ1n) is 17.5. The Balaban J connectivity index is 1.04. The summed E-state index contributed by atoms with van der Waals surface area (Å²) in [6.45, 7) is 4.43. The van der Waals surface area contributed by atoms with E-state index >= 15 is 0 Å². The Morgan fingerprint density at radius 1 is 0.679 bits per heavy atom. The van der Waals surface area contributed by atoms with Crippen LogP contribution in [0.5, 0.6) is 46.0 Å². The molecule has 4 heterocycles. The van der Waals surface area contributed by atoms with Gasteiger partial charge in [0, 0.05) is 23.5 Å². The monoisotopic (exact) mass is 828 g/mol. The molecule has 284 valence electrons. The molecule has 0 spiro atoms. The van der Waals surface area contributed by atoms with Crippen LogP contribution in [0.15, 0.2) is 82.8 Å². The van der Waals surface area contributed by atoms with Crippen molar-refractivity contribution in [2.24, 2.45) is 9.98 Å². The molecule has 9 rings (SSSR count). The Labute approximate surface area is 338 Å². The van der Waals surface area contributed by atoms with E-state index in [1.807, 2.05) is 13.8 Å². The van der Waals surface area contributed by atoms with Crippen LogP contribution in [-0.2, 0) is 9.59 Å². The molecule has 4 aliphatic heterocycles. The van der Waals surface area contributed by atoms with Crippen molar-refractivity contribution in [3.8, 4) is 46.0 Å². The number of carbonyl (C=O) groups is 2. The molecule has 0 aliphatic carbocycles. The number of benzene rings is 5. The number of halogens is 2. The predicted octanol–water partition coefficient (Wildman–Crippen LogP) is 8.87. The highest BCUT2D eigenvalue weighted by molar-refractivity contribution is 8.01. The lowest BCUT2D eigenvalue weighted by atomic mass is 10.1. The summed E-state index contributed by atoms with van der Waals surface area (Å²) < 4.78 is 23.9. The average molecular weight is 830 g/mol. The number of phenols is 2. The van der Waals surface area contributed by atoms with Crippen LogP contribution < -0.4 is 39.5 Å². The number of ether oxygens (including phenoxy) is 4. The van der Waals surface area contributed by atoms with E-state index in [0.717, 1.165) is 11.1 Å². The van der Waals surface area contributed by atoms with Gasteiger partial charge in [0.1, 0.15) is 42.9 Å². The Hall–Kier alpha value is -5.28. The molecule has 2 amide bonds. The Kier molecular flexibility index (Phi) is 9.31. The maximum absolute atomic E-state index is 13.3. The van der Waals surface area contributed by atoms with Gasteiger partial charge in [-0.25, -0.2) is 9.98 Å². The Morgan fingerprint density at radius 3 is 1.52 bits per heavy atom. The third-order valence-corrected chi connectivity index (χ3v) is 12.6. The van der Waals surface area contributed by atoms with E-state index in [1.54, 1.807) is 82.6 Å². The summed E-state index contributed by atoms with van der Waals surface area (Å²) in [6.07, 6.45) is 0. The van der Waals surface area contributed by atoms with Gasteiger partial charge in [-0.3, -0.25) is 19.4 Å². The number of thioether (sulfide) groups is 2. The second-order valence-electron chi connectivity index (χ2n) is 12.9. The molecule has 5 aromatic rings. The summed E-state index contributed by atoms with van der Waals surface area (Å²) in [5, 5.41) is 20.6. The third-order valence-electron chi connectivity index (χ3n) is 9.45. The molecule has 4 aliphatic rings. The summed E-state index contributed by atoms with van der Waals surface area (Å²) in [5.74, 6) is 2.19. The highest BCUT2D eigenvalue weighted by Crippen LogP contribution is 2.50. The number of phenolic OH excluding ortho intramolecular Hbond substituents is 2. The topological polar surface area (TPSA) is 143 Å². The molecule has 0 bridgehead atoms. The number of hydrogen-bond acceptors (Lipinski definition) is 12. The van der Waals surface area contributed by atoms with E-state index in [9.17, 15) is 19.8 Å². The fraction of sp³-hybridized carbons (Fsp3) is 0.200. The van der Waals surface area contributed by atoms with Crippen molar-refractivity contribution in [2.75, 3.05) is 34.5 Å². The van der Waals surface area contributed by atoms with Gasteiger partial charge in [0.25, 0.3) is 0 Å². The fourth-order valence-electron chi connectivity index (χ4n) is 6.93. The van der Waals surface area contributed by atoms with Crippen molar-refractivity contribution in [1.82, 2.24) is 0 Å². The van der Waals surface area contributed by atoms with E-state index in [2.05, 4.69) is 0 Å². The first-order valence-corrected chi connectivity index (χ1v) is 20.4. The van der Waals surface area contributed by atoms with Gasteiger partial charge in [-0.05, 0) is 73.5 Å². The van der Waals surface area contributed by atoms with Crippen LogP contribution in [0.25, 0.3) is 0 Å². The van der Waals surface area contributed by atoms with Crippen LogP contribution in [0.1, 0.15) is 35.7 Å². The zero-order valence-corrected chi connectivity index (χ0v) is 32.8. The van der Waals surface area contributed by atoms with Crippen molar-refractivity contribution in [3.05, 3.63) is 105 Å². The second kappa shape index (κ2) is 14.3. The minimum Gasteiger partial charge on any atom is -0.504 e. The van der Waals surface area contributed by atoms with E-state index in [4.69, 9.17) is 52.1 Å². The molecule has 5 aromatic carbocycles. The standard InChI is InChI=1S/C40H30Cl2N4O8S2/c1-3-51-29-13-19(5-11-25(29)47)39-45(31(49)17-55-39)21-7-9-23-27(15-21)53-37-33(41)36-38(34(42)35(37)43-23)54-28-16-22(8-10-24(28)44-36)46-32(50)18-56-40(46)20-6-12-26(48)30(14-20)52-4-2/h5-16,39-40,47-48H,3-4,17-18H2,1-2H3. The lowest BCUT2D eigenvalue weighted by molar-refractivity contribution is -0.116.